The van der Waals surface area contributed by atoms with Crippen molar-refractivity contribution in [2.75, 3.05) is 5.32 Å². The van der Waals surface area contributed by atoms with E-state index in [2.05, 4.69) is 5.32 Å². The number of nitro groups is 1. The molecule has 0 radical (unpaired) electrons. The zero-order valence-corrected chi connectivity index (χ0v) is 9.76. The van der Waals surface area contributed by atoms with Crippen molar-refractivity contribution in [2.24, 2.45) is 7.05 Å². The highest BCUT2D eigenvalue weighted by atomic mass is 19.1. The molecular formula is C12H12FN3O2. The maximum absolute atomic E-state index is 13.5. The number of halogens is 1. The van der Waals surface area contributed by atoms with Crippen molar-refractivity contribution in [3.05, 3.63) is 58.2 Å². The van der Waals surface area contributed by atoms with Crippen molar-refractivity contribution in [1.29, 1.82) is 0 Å². The molecule has 2 aromatic rings. The van der Waals surface area contributed by atoms with Gasteiger partial charge in [0.15, 0.2) is 5.82 Å². The number of aromatic nitrogens is 1. The molecule has 6 heteroatoms. The van der Waals surface area contributed by atoms with Gasteiger partial charge in [-0.1, -0.05) is 0 Å². The van der Waals surface area contributed by atoms with Crippen LogP contribution in [-0.2, 0) is 13.6 Å². The monoisotopic (exact) mass is 249 g/mol. The molecule has 0 atom stereocenters. The van der Waals surface area contributed by atoms with E-state index in [4.69, 9.17) is 0 Å². The Balaban J connectivity index is 2.08. The summed E-state index contributed by atoms with van der Waals surface area (Å²) in [6.07, 6.45) is 3.81. The fourth-order valence-corrected chi connectivity index (χ4v) is 1.62. The molecular weight excluding hydrogens is 237 g/mol. The average molecular weight is 249 g/mol. The number of nitro benzene ring substituents is 1. The molecule has 5 nitrogen and oxygen atoms in total. The smallest absolute Gasteiger partial charge is 0.272 e. The summed E-state index contributed by atoms with van der Waals surface area (Å²) in [6.45, 7) is 0.468. The van der Waals surface area contributed by atoms with Crippen molar-refractivity contribution in [3.63, 3.8) is 0 Å². The highest BCUT2D eigenvalue weighted by Gasteiger charge is 2.10. The van der Waals surface area contributed by atoms with Gasteiger partial charge in [-0.15, -0.1) is 0 Å². The van der Waals surface area contributed by atoms with Crippen LogP contribution in [0.3, 0.4) is 0 Å². The Kier molecular flexibility index (Phi) is 3.27. The standard InChI is InChI=1S/C12H12FN3O2/c1-15-5-4-9(8-15)7-14-12-3-2-10(16(17)18)6-11(12)13/h2-6,8,14H,7H2,1H3. The number of aryl methyl sites for hydroxylation is 1. The van der Waals surface area contributed by atoms with Crippen LogP contribution in [0.1, 0.15) is 5.56 Å². The number of hydrogen-bond donors (Lipinski definition) is 1. The normalized spacial score (nSPS) is 10.3. The highest BCUT2D eigenvalue weighted by Crippen LogP contribution is 2.20. The predicted molar refractivity (Wildman–Crippen MR) is 65.8 cm³/mol. The minimum absolute atomic E-state index is 0.252. The number of nitrogens with zero attached hydrogens (tertiary/aromatic N) is 2. The van der Waals surface area contributed by atoms with Gasteiger partial charge in [-0.05, 0) is 17.7 Å². The first-order chi connectivity index (χ1) is 8.56. The summed E-state index contributed by atoms with van der Waals surface area (Å²) < 4.78 is 15.4. The molecule has 2 rings (SSSR count). The van der Waals surface area contributed by atoms with Crippen LogP contribution in [-0.4, -0.2) is 9.49 Å². The number of hydrogen-bond acceptors (Lipinski definition) is 3. The Labute approximate surface area is 103 Å². The van der Waals surface area contributed by atoms with Crippen molar-refractivity contribution < 1.29 is 9.31 Å². The average Bonchev–Trinajstić information content (AvgIpc) is 2.73. The summed E-state index contributed by atoms with van der Waals surface area (Å²) in [5, 5.41) is 13.4. The maximum Gasteiger partial charge on any atom is 0.272 e. The molecule has 0 fully saturated rings. The van der Waals surface area contributed by atoms with Crippen molar-refractivity contribution in [3.8, 4) is 0 Å². The summed E-state index contributed by atoms with van der Waals surface area (Å²) in [5.74, 6) is -0.625. The predicted octanol–water partition coefficient (Wildman–Crippen LogP) is 2.68. The zero-order valence-electron chi connectivity index (χ0n) is 9.76. The van der Waals surface area contributed by atoms with Gasteiger partial charge in [0, 0.05) is 32.1 Å². The van der Waals surface area contributed by atoms with Crippen LogP contribution in [0, 0.1) is 15.9 Å². The van der Waals surface area contributed by atoms with Crippen LogP contribution in [0.25, 0.3) is 0 Å². The van der Waals surface area contributed by atoms with Gasteiger partial charge < -0.3 is 9.88 Å². The molecule has 0 amide bonds. The number of nitrogens with one attached hydrogen (secondary N) is 1. The topological polar surface area (TPSA) is 60.1 Å². The molecule has 1 N–H and O–H groups in total. The van der Waals surface area contributed by atoms with Crippen LogP contribution in [0.5, 0.6) is 0 Å². The van der Waals surface area contributed by atoms with Gasteiger partial charge >= 0.3 is 0 Å². The van der Waals surface area contributed by atoms with Gasteiger partial charge in [0.25, 0.3) is 5.69 Å². The van der Waals surface area contributed by atoms with E-state index in [1.165, 1.54) is 12.1 Å². The quantitative estimate of drug-likeness (QED) is 0.669. The summed E-state index contributed by atoms with van der Waals surface area (Å²) >= 11 is 0. The lowest BCUT2D eigenvalue weighted by molar-refractivity contribution is -0.385. The lowest BCUT2D eigenvalue weighted by Gasteiger charge is -2.06. The first-order valence-corrected chi connectivity index (χ1v) is 5.35. The van der Waals surface area contributed by atoms with E-state index >= 15 is 0 Å². The number of benzene rings is 1. The van der Waals surface area contributed by atoms with Gasteiger partial charge in [0.05, 0.1) is 16.7 Å². The van der Waals surface area contributed by atoms with Gasteiger partial charge in [-0.25, -0.2) is 4.39 Å². The molecule has 0 saturated heterocycles. The van der Waals surface area contributed by atoms with E-state index in [0.717, 1.165) is 11.6 Å². The molecule has 0 aliphatic heterocycles. The molecule has 0 unspecified atom stereocenters. The first kappa shape index (κ1) is 12.1. The lowest BCUT2D eigenvalue weighted by atomic mass is 10.2. The Morgan fingerprint density at radius 1 is 1.44 bits per heavy atom. The Morgan fingerprint density at radius 2 is 2.22 bits per heavy atom. The van der Waals surface area contributed by atoms with Gasteiger partial charge in [-0.2, -0.15) is 0 Å². The Morgan fingerprint density at radius 3 is 2.78 bits per heavy atom. The molecule has 1 aromatic heterocycles. The second-order valence-corrected chi connectivity index (χ2v) is 3.96. The third-order valence-electron chi connectivity index (χ3n) is 2.54. The molecule has 0 bridgehead atoms. The van der Waals surface area contributed by atoms with Crippen LogP contribution >= 0.6 is 0 Å². The van der Waals surface area contributed by atoms with Crippen molar-refractivity contribution in [1.82, 2.24) is 4.57 Å². The lowest BCUT2D eigenvalue weighted by Crippen LogP contribution is -2.01. The Hall–Kier alpha value is -2.37. The number of rotatable bonds is 4. The molecule has 94 valence electrons. The van der Waals surface area contributed by atoms with Crippen LogP contribution in [0.4, 0.5) is 15.8 Å². The first-order valence-electron chi connectivity index (χ1n) is 5.35. The minimum Gasteiger partial charge on any atom is -0.379 e. The number of anilines is 1. The van der Waals surface area contributed by atoms with Crippen LogP contribution in [0.15, 0.2) is 36.7 Å². The second-order valence-electron chi connectivity index (χ2n) is 3.96. The maximum atomic E-state index is 13.5. The van der Waals surface area contributed by atoms with Gasteiger partial charge in [0.2, 0.25) is 0 Å². The number of non-ortho nitro benzene ring substituents is 1. The van der Waals surface area contributed by atoms with Crippen LogP contribution in [0.2, 0.25) is 0 Å². The molecule has 0 saturated carbocycles. The van der Waals surface area contributed by atoms with Gasteiger partial charge in [0.1, 0.15) is 0 Å². The fraction of sp³-hybridized carbons (Fsp3) is 0.167. The second kappa shape index (κ2) is 4.87. The third-order valence-corrected chi connectivity index (χ3v) is 2.54. The van der Waals surface area contributed by atoms with E-state index in [1.54, 1.807) is 0 Å². The van der Waals surface area contributed by atoms with Gasteiger partial charge in [-0.3, -0.25) is 10.1 Å². The summed E-state index contributed by atoms with van der Waals surface area (Å²) in [6, 6.07) is 5.47. The summed E-state index contributed by atoms with van der Waals surface area (Å²) in [4.78, 5) is 9.84. The molecule has 18 heavy (non-hydrogen) atoms. The molecule has 0 aliphatic rings. The SMILES string of the molecule is Cn1ccc(CNc2ccc([N+](=O)[O-])cc2F)c1. The third kappa shape index (κ3) is 2.65. The van der Waals surface area contributed by atoms with E-state index in [9.17, 15) is 14.5 Å². The molecule has 1 heterocycles. The van der Waals surface area contributed by atoms with E-state index < -0.39 is 10.7 Å². The summed E-state index contributed by atoms with van der Waals surface area (Å²) in [5.41, 5.74) is 1.01. The van der Waals surface area contributed by atoms with E-state index in [-0.39, 0.29) is 11.4 Å². The molecule has 0 spiro atoms. The fourth-order valence-electron chi connectivity index (χ4n) is 1.62. The largest absolute Gasteiger partial charge is 0.379 e. The van der Waals surface area contributed by atoms with Crippen molar-refractivity contribution in [2.45, 2.75) is 6.54 Å². The minimum atomic E-state index is -0.625. The zero-order chi connectivity index (χ0) is 13.1. The van der Waals surface area contributed by atoms with E-state index in [0.29, 0.717) is 6.54 Å². The van der Waals surface area contributed by atoms with Crippen LogP contribution < -0.4 is 5.32 Å². The summed E-state index contributed by atoms with van der Waals surface area (Å²) in [7, 11) is 1.90. The molecule has 0 aliphatic carbocycles. The highest BCUT2D eigenvalue weighted by molar-refractivity contribution is 5.50. The van der Waals surface area contributed by atoms with E-state index in [1.807, 2.05) is 30.1 Å². The Bertz CT molecular complexity index is 580. The molecule has 1 aromatic carbocycles. The van der Waals surface area contributed by atoms with Crippen molar-refractivity contribution >= 4 is 11.4 Å².